The largest absolute Gasteiger partial charge is 0.606 e. The summed E-state index contributed by atoms with van der Waals surface area (Å²) in [5.41, 5.74) is 0.817. The molecule has 1 atom stereocenters. The summed E-state index contributed by atoms with van der Waals surface area (Å²) in [5.74, 6) is 5.16. The molecule has 1 heterocycles. The summed E-state index contributed by atoms with van der Waals surface area (Å²) < 4.78 is -1.06. The number of hydrogen-bond acceptors (Lipinski definition) is 3. The number of nitrogens with zero attached hydrogens (tertiary/aromatic N) is 1. The molecule has 0 aromatic heterocycles. The predicted molar refractivity (Wildman–Crippen MR) is 45.0 cm³/mol. The van der Waals surface area contributed by atoms with Crippen LogP contribution in [-0.4, -0.2) is 12.3 Å². The van der Waals surface area contributed by atoms with Crippen LogP contribution in [-0.2, 0) is 0 Å². The van der Waals surface area contributed by atoms with E-state index >= 15 is 0 Å². The van der Waals surface area contributed by atoms with Gasteiger partial charge in [-0.25, -0.2) is 4.76 Å². The number of Topliss-reactive ketones (excluding diaryl/α,β-unsaturated/α-hetero) is 1. The fraction of sp³-hybridized carbons (Fsp3) is 0.125. The molecular formula is C8H8N2O2. The summed E-state index contributed by atoms with van der Waals surface area (Å²) in [4.78, 5) is 11.2. The van der Waals surface area contributed by atoms with Gasteiger partial charge in [0, 0.05) is 6.07 Å². The molecule has 2 N–H and O–H groups in total. The lowest BCUT2D eigenvalue weighted by Gasteiger charge is -2.30. The number of rotatable bonds is 0. The molecule has 0 saturated carbocycles. The average molecular weight is 164 g/mol. The SMILES string of the molecule is N[N+]1([O-])CC(=O)c2ccccc21. The minimum atomic E-state index is -1.06. The molecule has 0 saturated heterocycles. The van der Waals surface area contributed by atoms with Crippen LogP contribution >= 0.6 is 0 Å². The lowest BCUT2D eigenvalue weighted by molar-refractivity contribution is 0.0983. The highest BCUT2D eigenvalue weighted by Gasteiger charge is 2.34. The maximum Gasteiger partial charge on any atom is 0.225 e. The second-order valence-electron chi connectivity index (χ2n) is 2.89. The summed E-state index contributed by atoms with van der Waals surface area (Å²) in [5, 5.41) is 11.4. The summed E-state index contributed by atoms with van der Waals surface area (Å²) in [6.45, 7) is -0.181. The first-order chi connectivity index (χ1) is 5.61. The van der Waals surface area contributed by atoms with Gasteiger partial charge in [-0.05, 0) is 6.07 Å². The van der Waals surface area contributed by atoms with Crippen molar-refractivity contribution >= 4 is 11.5 Å². The number of nitrogens with two attached hydrogens (primary N) is 1. The number of para-hydroxylation sites is 1. The molecular weight excluding hydrogens is 156 g/mol. The zero-order chi connectivity index (χ0) is 8.77. The summed E-state index contributed by atoms with van der Waals surface area (Å²) in [6, 6.07) is 6.65. The Bertz CT molecular complexity index is 347. The molecule has 0 aliphatic carbocycles. The summed E-state index contributed by atoms with van der Waals surface area (Å²) >= 11 is 0. The van der Waals surface area contributed by atoms with Crippen LogP contribution < -0.4 is 10.6 Å². The average Bonchev–Trinajstić information content (AvgIpc) is 2.25. The van der Waals surface area contributed by atoms with Crippen molar-refractivity contribution in [3.8, 4) is 0 Å². The van der Waals surface area contributed by atoms with E-state index in [9.17, 15) is 10.0 Å². The van der Waals surface area contributed by atoms with E-state index < -0.39 is 4.76 Å². The first kappa shape index (κ1) is 7.42. The van der Waals surface area contributed by atoms with Crippen molar-refractivity contribution in [3.63, 3.8) is 0 Å². The first-order valence-corrected chi connectivity index (χ1v) is 3.62. The van der Waals surface area contributed by atoms with E-state index in [-0.39, 0.29) is 12.3 Å². The molecule has 0 spiro atoms. The number of carbonyl (C=O) groups excluding carboxylic acids is 1. The van der Waals surface area contributed by atoms with E-state index in [1.165, 1.54) is 0 Å². The Balaban J connectivity index is 2.66. The molecule has 0 amide bonds. The van der Waals surface area contributed by atoms with Gasteiger partial charge in [0.15, 0.2) is 12.2 Å². The number of fused-ring (bicyclic) bond motifs is 1. The third-order valence-corrected chi connectivity index (χ3v) is 1.99. The number of ketones is 1. The van der Waals surface area contributed by atoms with E-state index in [4.69, 9.17) is 5.84 Å². The number of carbonyl (C=O) groups is 1. The molecule has 1 aromatic carbocycles. The second-order valence-corrected chi connectivity index (χ2v) is 2.89. The minimum absolute atomic E-state index is 0.178. The Kier molecular flexibility index (Phi) is 1.32. The molecule has 0 radical (unpaired) electrons. The van der Waals surface area contributed by atoms with Gasteiger partial charge in [-0.3, -0.25) is 4.79 Å². The van der Waals surface area contributed by atoms with E-state index in [0.29, 0.717) is 11.3 Å². The Labute approximate surface area is 69.3 Å². The van der Waals surface area contributed by atoms with Crippen molar-refractivity contribution < 1.29 is 4.79 Å². The second kappa shape index (κ2) is 2.13. The van der Waals surface area contributed by atoms with Gasteiger partial charge in [-0.15, -0.1) is 0 Å². The maximum absolute atomic E-state index is 11.4. The fourth-order valence-electron chi connectivity index (χ4n) is 1.42. The standard InChI is InChI=1S/C8H8N2O2/c9-10(12)5-8(11)6-3-1-2-4-7(6)10/h1-4H,5,9H2. The zero-order valence-corrected chi connectivity index (χ0v) is 6.36. The van der Waals surface area contributed by atoms with Crippen LogP contribution in [0, 0.1) is 5.21 Å². The molecule has 1 aromatic rings. The molecule has 4 heteroatoms. The van der Waals surface area contributed by atoms with Crippen LogP contribution in [0.1, 0.15) is 10.4 Å². The summed E-state index contributed by atoms with van der Waals surface area (Å²) in [6.07, 6.45) is 0. The fourth-order valence-corrected chi connectivity index (χ4v) is 1.42. The van der Waals surface area contributed by atoms with Crippen molar-refractivity contribution in [3.05, 3.63) is 35.0 Å². The van der Waals surface area contributed by atoms with Crippen LogP contribution in [0.3, 0.4) is 0 Å². The molecule has 1 aliphatic heterocycles. The van der Waals surface area contributed by atoms with E-state index in [0.717, 1.165) is 0 Å². The first-order valence-electron chi connectivity index (χ1n) is 3.62. The molecule has 0 fully saturated rings. The van der Waals surface area contributed by atoms with Crippen LogP contribution in [0.2, 0.25) is 0 Å². The topological polar surface area (TPSA) is 66.2 Å². The quantitative estimate of drug-likeness (QED) is 0.346. The highest BCUT2D eigenvalue weighted by molar-refractivity contribution is 6.06. The lowest BCUT2D eigenvalue weighted by atomic mass is 10.1. The van der Waals surface area contributed by atoms with Crippen LogP contribution in [0.25, 0.3) is 0 Å². The van der Waals surface area contributed by atoms with Gasteiger partial charge in [0.25, 0.3) is 0 Å². The third-order valence-electron chi connectivity index (χ3n) is 1.99. The molecule has 1 unspecified atom stereocenters. The smallest absolute Gasteiger partial charge is 0.225 e. The van der Waals surface area contributed by atoms with Gasteiger partial charge in [0.05, 0.1) is 5.56 Å². The lowest BCUT2D eigenvalue weighted by Crippen LogP contribution is -2.49. The molecule has 1 aliphatic rings. The molecule has 2 rings (SSSR count). The van der Waals surface area contributed by atoms with Crippen molar-refractivity contribution in [1.29, 1.82) is 0 Å². The van der Waals surface area contributed by atoms with Gasteiger partial charge < -0.3 is 5.21 Å². The van der Waals surface area contributed by atoms with Gasteiger partial charge in [-0.2, -0.15) is 5.84 Å². The Morgan fingerprint density at radius 2 is 2.08 bits per heavy atom. The van der Waals surface area contributed by atoms with E-state index in [2.05, 4.69) is 0 Å². The third kappa shape index (κ3) is 0.863. The van der Waals surface area contributed by atoms with Crippen molar-refractivity contribution in [2.24, 2.45) is 5.84 Å². The van der Waals surface area contributed by atoms with E-state index in [1.54, 1.807) is 24.3 Å². The highest BCUT2D eigenvalue weighted by atomic mass is 16.6. The van der Waals surface area contributed by atoms with Gasteiger partial charge >= 0.3 is 0 Å². The highest BCUT2D eigenvalue weighted by Crippen LogP contribution is 2.29. The van der Waals surface area contributed by atoms with Crippen LogP contribution in [0.5, 0.6) is 0 Å². The number of benzene rings is 1. The number of hydroxylamine groups is 1. The van der Waals surface area contributed by atoms with Crippen LogP contribution in [0.15, 0.2) is 24.3 Å². The van der Waals surface area contributed by atoms with Crippen molar-refractivity contribution in [1.82, 2.24) is 4.76 Å². The van der Waals surface area contributed by atoms with Gasteiger partial charge in [0.1, 0.15) is 0 Å². The maximum atomic E-state index is 11.4. The Morgan fingerprint density at radius 3 is 2.75 bits per heavy atom. The molecule has 4 nitrogen and oxygen atoms in total. The Hall–Kier alpha value is -1.23. The molecule has 12 heavy (non-hydrogen) atoms. The van der Waals surface area contributed by atoms with Gasteiger partial charge in [0.2, 0.25) is 5.78 Å². The molecule has 62 valence electrons. The summed E-state index contributed by atoms with van der Waals surface area (Å²) in [7, 11) is 0. The van der Waals surface area contributed by atoms with E-state index in [1.807, 2.05) is 0 Å². The monoisotopic (exact) mass is 164 g/mol. The van der Waals surface area contributed by atoms with Gasteiger partial charge in [-0.1, -0.05) is 12.1 Å². The predicted octanol–water partition coefficient (Wildman–Crippen LogP) is 0.562. The zero-order valence-electron chi connectivity index (χ0n) is 6.36. The normalized spacial score (nSPS) is 27.3. The molecule has 0 bridgehead atoms. The number of hydrogen-bond donors (Lipinski definition) is 1. The van der Waals surface area contributed by atoms with Crippen molar-refractivity contribution in [2.45, 2.75) is 0 Å². The van der Waals surface area contributed by atoms with Crippen LogP contribution in [0.4, 0.5) is 5.69 Å². The van der Waals surface area contributed by atoms with Crippen molar-refractivity contribution in [2.75, 3.05) is 6.54 Å². The Morgan fingerprint density at radius 1 is 1.42 bits per heavy atom. The number of quaternary nitrogens is 1. The minimum Gasteiger partial charge on any atom is -0.606 e.